The molecule has 0 aromatic heterocycles. The Morgan fingerprint density at radius 1 is 1.11 bits per heavy atom. The lowest BCUT2D eigenvalue weighted by Crippen LogP contribution is -2.05. The third-order valence-corrected chi connectivity index (χ3v) is 3.52. The summed E-state index contributed by atoms with van der Waals surface area (Å²) < 4.78 is 6.26. The molecular weight excluding hydrogens is 302 g/mol. The number of rotatable bonds is 3. The van der Waals surface area contributed by atoms with E-state index in [9.17, 15) is 0 Å². The zero-order chi connectivity index (χ0) is 13.8. The first-order valence-corrected chi connectivity index (χ1v) is 6.82. The van der Waals surface area contributed by atoms with Gasteiger partial charge in [-0.2, -0.15) is 0 Å². The van der Waals surface area contributed by atoms with Crippen LogP contribution in [0.3, 0.4) is 0 Å². The molecular formula is C16H16BrNO. The quantitative estimate of drug-likeness (QED) is 0.776. The van der Waals surface area contributed by atoms with E-state index in [2.05, 4.69) is 40.0 Å². The van der Waals surface area contributed by atoms with Crippen molar-refractivity contribution in [3.8, 4) is 5.75 Å². The number of aliphatic imine (C=N–C) groups is 1. The Balaban J connectivity index is 2.44. The lowest BCUT2D eigenvalue weighted by Gasteiger charge is -2.10. The molecule has 2 rings (SSSR count). The minimum absolute atomic E-state index is 0.853. The van der Waals surface area contributed by atoms with Crippen LogP contribution in [0, 0.1) is 6.92 Å². The lowest BCUT2D eigenvalue weighted by molar-refractivity contribution is 0.415. The molecule has 0 aliphatic carbocycles. The fraction of sp³-hybridized carbons (Fsp3) is 0.188. The Morgan fingerprint density at radius 2 is 1.79 bits per heavy atom. The summed E-state index contributed by atoms with van der Waals surface area (Å²) in [5, 5.41) is 0. The summed E-state index contributed by atoms with van der Waals surface area (Å²) in [4.78, 5) is 4.44. The average molecular weight is 318 g/mol. The number of aryl methyl sites for hydroxylation is 1. The van der Waals surface area contributed by atoms with Crippen molar-refractivity contribution in [2.24, 2.45) is 4.99 Å². The highest BCUT2D eigenvalue weighted by molar-refractivity contribution is 9.10. The maximum atomic E-state index is 5.18. The van der Waals surface area contributed by atoms with Gasteiger partial charge >= 0.3 is 0 Å². The standard InChI is InChI=1S/C16H16BrNO/c1-11-10-13(17)6-9-15(11)16(18-2)12-4-7-14(19-3)8-5-12/h4-10H,1-3H3. The average Bonchev–Trinajstić information content (AvgIpc) is 2.42. The summed E-state index contributed by atoms with van der Waals surface area (Å²) in [6, 6.07) is 14.2. The van der Waals surface area contributed by atoms with Crippen molar-refractivity contribution in [2.45, 2.75) is 6.92 Å². The summed E-state index contributed by atoms with van der Waals surface area (Å²) >= 11 is 3.49. The first kappa shape index (κ1) is 13.8. The molecule has 3 heteroatoms. The van der Waals surface area contributed by atoms with Crippen LogP contribution >= 0.6 is 15.9 Å². The summed E-state index contributed by atoms with van der Waals surface area (Å²) in [5.41, 5.74) is 4.43. The van der Waals surface area contributed by atoms with E-state index in [1.807, 2.05) is 37.4 Å². The topological polar surface area (TPSA) is 21.6 Å². The smallest absolute Gasteiger partial charge is 0.118 e. The van der Waals surface area contributed by atoms with Crippen molar-refractivity contribution in [2.75, 3.05) is 14.2 Å². The van der Waals surface area contributed by atoms with E-state index in [0.29, 0.717) is 0 Å². The van der Waals surface area contributed by atoms with Crippen LogP contribution in [-0.2, 0) is 0 Å². The number of halogens is 1. The van der Waals surface area contributed by atoms with Gasteiger partial charge in [0, 0.05) is 22.6 Å². The van der Waals surface area contributed by atoms with E-state index in [1.54, 1.807) is 7.11 Å². The van der Waals surface area contributed by atoms with E-state index >= 15 is 0 Å². The van der Waals surface area contributed by atoms with Crippen molar-refractivity contribution >= 4 is 21.6 Å². The second-order valence-corrected chi connectivity index (χ2v) is 5.18. The van der Waals surface area contributed by atoms with Gasteiger partial charge in [-0.1, -0.05) is 22.0 Å². The molecule has 0 aliphatic heterocycles. The van der Waals surface area contributed by atoms with Crippen molar-refractivity contribution in [1.82, 2.24) is 0 Å². The van der Waals surface area contributed by atoms with Crippen LogP contribution in [0.4, 0.5) is 0 Å². The van der Waals surface area contributed by atoms with Gasteiger partial charge in [-0.3, -0.25) is 4.99 Å². The summed E-state index contributed by atoms with van der Waals surface area (Å²) in [6.45, 7) is 2.09. The fourth-order valence-corrected chi connectivity index (χ4v) is 2.52. The highest BCUT2D eigenvalue weighted by Crippen LogP contribution is 2.21. The van der Waals surface area contributed by atoms with Crippen LogP contribution in [0.15, 0.2) is 51.9 Å². The Morgan fingerprint density at radius 3 is 2.32 bits per heavy atom. The fourth-order valence-electron chi connectivity index (χ4n) is 2.05. The van der Waals surface area contributed by atoms with E-state index in [0.717, 1.165) is 27.1 Å². The molecule has 2 aromatic carbocycles. The number of hydrogen-bond acceptors (Lipinski definition) is 2. The van der Waals surface area contributed by atoms with Gasteiger partial charge in [0.25, 0.3) is 0 Å². The molecule has 2 aromatic rings. The maximum absolute atomic E-state index is 5.18. The van der Waals surface area contributed by atoms with Gasteiger partial charge in [0.1, 0.15) is 5.75 Å². The molecule has 0 atom stereocenters. The van der Waals surface area contributed by atoms with Crippen LogP contribution in [0.2, 0.25) is 0 Å². The largest absolute Gasteiger partial charge is 0.497 e. The summed E-state index contributed by atoms with van der Waals surface area (Å²) in [5.74, 6) is 0.853. The lowest BCUT2D eigenvalue weighted by atomic mass is 9.98. The maximum Gasteiger partial charge on any atom is 0.118 e. The molecule has 0 N–H and O–H groups in total. The highest BCUT2D eigenvalue weighted by Gasteiger charge is 2.09. The van der Waals surface area contributed by atoms with Crippen molar-refractivity contribution in [3.63, 3.8) is 0 Å². The molecule has 0 unspecified atom stereocenters. The Bertz CT molecular complexity index is 603. The molecule has 19 heavy (non-hydrogen) atoms. The van der Waals surface area contributed by atoms with E-state index in [1.165, 1.54) is 5.56 Å². The molecule has 0 fully saturated rings. The van der Waals surface area contributed by atoms with Gasteiger partial charge in [0.05, 0.1) is 12.8 Å². The molecule has 0 saturated carbocycles. The number of benzene rings is 2. The Hall–Kier alpha value is -1.61. The second kappa shape index (κ2) is 6.02. The number of methoxy groups -OCH3 is 1. The normalized spacial score (nSPS) is 11.5. The van der Waals surface area contributed by atoms with Crippen LogP contribution in [0.1, 0.15) is 16.7 Å². The summed E-state index contributed by atoms with van der Waals surface area (Å²) in [7, 11) is 3.49. The Labute approximate surface area is 122 Å². The SMILES string of the molecule is CN=C(c1ccc(OC)cc1)c1ccc(Br)cc1C. The zero-order valence-corrected chi connectivity index (χ0v) is 12.9. The summed E-state index contributed by atoms with van der Waals surface area (Å²) in [6.07, 6.45) is 0. The van der Waals surface area contributed by atoms with Crippen LogP contribution < -0.4 is 4.74 Å². The third-order valence-electron chi connectivity index (χ3n) is 3.03. The van der Waals surface area contributed by atoms with Gasteiger partial charge in [-0.15, -0.1) is 0 Å². The van der Waals surface area contributed by atoms with Gasteiger partial charge < -0.3 is 4.74 Å². The molecule has 98 valence electrons. The van der Waals surface area contributed by atoms with E-state index < -0.39 is 0 Å². The van der Waals surface area contributed by atoms with E-state index in [4.69, 9.17) is 4.74 Å². The van der Waals surface area contributed by atoms with Crippen molar-refractivity contribution in [1.29, 1.82) is 0 Å². The van der Waals surface area contributed by atoms with Crippen LogP contribution in [0.5, 0.6) is 5.75 Å². The van der Waals surface area contributed by atoms with Crippen molar-refractivity contribution < 1.29 is 4.74 Å². The molecule has 0 heterocycles. The zero-order valence-electron chi connectivity index (χ0n) is 11.3. The molecule has 0 radical (unpaired) electrons. The monoisotopic (exact) mass is 317 g/mol. The number of hydrogen-bond donors (Lipinski definition) is 0. The van der Waals surface area contributed by atoms with Crippen LogP contribution in [0.25, 0.3) is 0 Å². The first-order chi connectivity index (χ1) is 9.15. The molecule has 0 amide bonds. The van der Waals surface area contributed by atoms with Gasteiger partial charge in [0.15, 0.2) is 0 Å². The van der Waals surface area contributed by atoms with Crippen molar-refractivity contribution in [3.05, 3.63) is 63.6 Å². The highest BCUT2D eigenvalue weighted by atomic mass is 79.9. The van der Waals surface area contributed by atoms with Gasteiger partial charge in [-0.05, 0) is 48.9 Å². The second-order valence-electron chi connectivity index (χ2n) is 4.26. The van der Waals surface area contributed by atoms with Gasteiger partial charge in [-0.25, -0.2) is 0 Å². The number of nitrogens with zero attached hydrogens (tertiary/aromatic N) is 1. The molecule has 2 nitrogen and oxygen atoms in total. The van der Waals surface area contributed by atoms with E-state index in [-0.39, 0.29) is 0 Å². The number of ether oxygens (including phenoxy) is 1. The predicted molar refractivity (Wildman–Crippen MR) is 83.4 cm³/mol. The molecule has 0 bridgehead atoms. The van der Waals surface area contributed by atoms with Gasteiger partial charge in [0.2, 0.25) is 0 Å². The molecule has 0 spiro atoms. The third kappa shape index (κ3) is 3.04. The Kier molecular flexibility index (Phi) is 4.38. The minimum Gasteiger partial charge on any atom is -0.497 e. The first-order valence-electron chi connectivity index (χ1n) is 6.03. The molecule has 0 saturated heterocycles. The van der Waals surface area contributed by atoms with Crippen LogP contribution in [-0.4, -0.2) is 19.9 Å². The predicted octanol–water partition coefficient (Wildman–Crippen LogP) is 4.23. The minimum atomic E-state index is 0.853. The molecule has 0 aliphatic rings.